The summed E-state index contributed by atoms with van der Waals surface area (Å²) < 4.78 is 73.1. The van der Waals surface area contributed by atoms with Gasteiger partial charge < -0.3 is 14.6 Å². The number of halogens is 5. The molecule has 4 nitrogen and oxygen atoms in total. The molecule has 166 valence electrons. The van der Waals surface area contributed by atoms with Crippen LogP contribution in [-0.4, -0.2) is 42.3 Å². The van der Waals surface area contributed by atoms with Gasteiger partial charge in [-0.1, -0.05) is 30.3 Å². The second-order valence-corrected chi connectivity index (χ2v) is 6.90. The van der Waals surface area contributed by atoms with Crippen molar-refractivity contribution < 1.29 is 36.5 Å². The first kappa shape index (κ1) is 23.9. The van der Waals surface area contributed by atoms with E-state index in [1.165, 1.54) is 32.2 Å². The van der Waals surface area contributed by atoms with Crippen molar-refractivity contribution >= 4 is 0 Å². The Balaban J connectivity index is 2.12. The van der Waals surface area contributed by atoms with Gasteiger partial charge in [0.05, 0.1) is 6.10 Å². The molecule has 30 heavy (non-hydrogen) atoms. The number of para-hydroxylation sites is 1. The number of rotatable bonds is 10. The molecule has 0 heterocycles. The van der Waals surface area contributed by atoms with Crippen molar-refractivity contribution in [3.63, 3.8) is 0 Å². The summed E-state index contributed by atoms with van der Waals surface area (Å²) in [5.74, 6) is 0.0680. The molecule has 0 radical (unpaired) electrons. The van der Waals surface area contributed by atoms with Crippen molar-refractivity contribution in [2.75, 3.05) is 7.05 Å². The number of aliphatic hydroxyl groups is 1. The molecule has 1 N–H and O–H groups in total. The van der Waals surface area contributed by atoms with Crippen molar-refractivity contribution in [3.05, 3.63) is 59.7 Å². The summed E-state index contributed by atoms with van der Waals surface area (Å²) in [6.45, 7) is -1.28. The first-order valence-corrected chi connectivity index (χ1v) is 9.32. The van der Waals surface area contributed by atoms with E-state index in [1.54, 1.807) is 30.3 Å². The van der Waals surface area contributed by atoms with Crippen molar-refractivity contribution in [3.8, 4) is 11.5 Å². The molecule has 2 unspecified atom stereocenters. The van der Waals surface area contributed by atoms with E-state index < -0.39 is 25.2 Å². The van der Waals surface area contributed by atoms with Gasteiger partial charge in [-0.05, 0) is 56.1 Å². The van der Waals surface area contributed by atoms with Gasteiger partial charge in [0.25, 0.3) is 6.55 Å². The molecule has 0 fully saturated rings. The lowest BCUT2D eigenvalue weighted by Gasteiger charge is -2.29. The highest BCUT2D eigenvalue weighted by Crippen LogP contribution is 2.26. The first-order valence-electron chi connectivity index (χ1n) is 9.32. The van der Waals surface area contributed by atoms with Gasteiger partial charge in [-0.3, -0.25) is 0 Å². The maximum Gasteiger partial charge on any atom is 0.573 e. The second-order valence-electron chi connectivity index (χ2n) is 6.90. The standard InChI is InChI=1S/C21H24F5NO3/c1-14(28)12-19(27(2)20(22)23)29-18-9-4-3-7-16(18)11-10-15-6-5-8-17(13-15)30-21(24,25)26/h3-9,13-14,19-20,28H,10-12H2,1-2H3. The smallest absolute Gasteiger partial charge is 0.475 e. The molecule has 0 saturated heterocycles. The average Bonchev–Trinajstić information content (AvgIpc) is 2.64. The van der Waals surface area contributed by atoms with Gasteiger partial charge in [0.2, 0.25) is 0 Å². The van der Waals surface area contributed by atoms with Crippen molar-refractivity contribution in [1.82, 2.24) is 4.90 Å². The lowest BCUT2D eigenvalue weighted by molar-refractivity contribution is -0.274. The lowest BCUT2D eigenvalue weighted by atomic mass is 10.0. The highest BCUT2D eigenvalue weighted by Gasteiger charge is 2.31. The number of hydrogen-bond donors (Lipinski definition) is 1. The Labute approximate surface area is 171 Å². The Morgan fingerprint density at radius 1 is 1.03 bits per heavy atom. The fraction of sp³-hybridized carbons (Fsp3) is 0.429. The molecule has 9 heteroatoms. The van der Waals surface area contributed by atoms with E-state index in [9.17, 15) is 27.1 Å². The first-order chi connectivity index (χ1) is 14.0. The summed E-state index contributed by atoms with van der Waals surface area (Å²) >= 11 is 0. The number of alkyl halides is 5. The molecule has 2 atom stereocenters. The fourth-order valence-corrected chi connectivity index (χ4v) is 2.86. The van der Waals surface area contributed by atoms with E-state index in [4.69, 9.17) is 4.74 Å². The van der Waals surface area contributed by atoms with Crippen LogP contribution in [0.25, 0.3) is 0 Å². The molecule has 0 amide bonds. The van der Waals surface area contributed by atoms with Crippen LogP contribution in [0.2, 0.25) is 0 Å². The summed E-state index contributed by atoms with van der Waals surface area (Å²) in [5, 5.41) is 9.62. The van der Waals surface area contributed by atoms with Crippen LogP contribution in [0.1, 0.15) is 24.5 Å². The molecule has 0 saturated carbocycles. The monoisotopic (exact) mass is 433 g/mol. The van der Waals surface area contributed by atoms with Crippen LogP contribution in [0.5, 0.6) is 11.5 Å². The third-order valence-electron chi connectivity index (χ3n) is 4.36. The molecular formula is C21H24F5NO3. The largest absolute Gasteiger partial charge is 0.573 e. The highest BCUT2D eigenvalue weighted by atomic mass is 19.4. The number of benzene rings is 2. The average molecular weight is 433 g/mol. The molecule has 0 spiro atoms. The quantitative estimate of drug-likeness (QED) is 0.325. The zero-order valence-corrected chi connectivity index (χ0v) is 16.6. The molecule has 2 aromatic carbocycles. The van der Waals surface area contributed by atoms with Gasteiger partial charge >= 0.3 is 6.36 Å². The zero-order valence-electron chi connectivity index (χ0n) is 16.6. The number of aryl methyl sites for hydroxylation is 2. The summed E-state index contributed by atoms with van der Waals surface area (Å²) in [6.07, 6.45) is -5.89. The van der Waals surface area contributed by atoms with Crippen molar-refractivity contribution in [1.29, 1.82) is 0 Å². The van der Waals surface area contributed by atoms with Crippen LogP contribution >= 0.6 is 0 Å². The molecule has 0 aromatic heterocycles. The summed E-state index contributed by atoms with van der Waals surface area (Å²) in [6, 6.07) is 12.5. The summed E-state index contributed by atoms with van der Waals surface area (Å²) in [5.41, 5.74) is 1.33. The Kier molecular flexibility index (Phi) is 8.43. The van der Waals surface area contributed by atoms with Gasteiger partial charge in [0.15, 0.2) is 6.23 Å². The topological polar surface area (TPSA) is 41.9 Å². The predicted molar refractivity (Wildman–Crippen MR) is 101 cm³/mol. The minimum absolute atomic E-state index is 0.0218. The van der Waals surface area contributed by atoms with E-state index in [2.05, 4.69) is 4.74 Å². The minimum atomic E-state index is -4.77. The van der Waals surface area contributed by atoms with E-state index in [0.717, 1.165) is 4.90 Å². The molecule has 0 bridgehead atoms. The Morgan fingerprint density at radius 2 is 1.73 bits per heavy atom. The van der Waals surface area contributed by atoms with E-state index in [1.807, 2.05) is 0 Å². The van der Waals surface area contributed by atoms with Crippen molar-refractivity contribution in [2.24, 2.45) is 0 Å². The second kappa shape index (κ2) is 10.6. The Morgan fingerprint density at radius 3 is 2.37 bits per heavy atom. The lowest BCUT2D eigenvalue weighted by Crippen LogP contribution is -2.41. The zero-order chi connectivity index (χ0) is 22.3. The Hall–Kier alpha value is -2.39. The third kappa shape index (κ3) is 7.79. The SMILES string of the molecule is CC(O)CC(Oc1ccccc1CCc1cccc(OC(F)(F)F)c1)N(C)C(F)F. The van der Waals surface area contributed by atoms with E-state index in [-0.39, 0.29) is 12.2 Å². The van der Waals surface area contributed by atoms with Crippen molar-refractivity contribution in [2.45, 2.75) is 51.4 Å². The molecule has 0 aliphatic rings. The number of aliphatic hydroxyl groups excluding tert-OH is 1. The highest BCUT2D eigenvalue weighted by molar-refractivity contribution is 5.35. The summed E-state index contributed by atoms with van der Waals surface area (Å²) in [7, 11) is 1.20. The van der Waals surface area contributed by atoms with Gasteiger partial charge in [-0.2, -0.15) is 8.78 Å². The van der Waals surface area contributed by atoms with Crippen LogP contribution in [0.4, 0.5) is 22.0 Å². The predicted octanol–water partition coefficient (Wildman–Crippen LogP) is 5.00. The van der Waals surface area contributed by atoms with Crippen LogP contribution in [0.3, 0.4) is 0 Å². The van der Waals surface area contributed by atoms with Crippen LogP contribution in [-0.2, 0) is 12.8 Å². The van der Waals surface area contributed by atoms with Crippen LogP contribution in [0, 0.1) is 0 Å². The van der Waals surface area contributed by atoms with Gasteiger partial charge in [-0.15, -0.1) is 13.2 Å². The van der Waals surface area contributed by atoms with Gasteiger partial charge in [0.1, 0.15) is 11.5 Å². The minimum Gasteiger partial charge on any atom is -0.475 e. The van der Waals surface area contributed by atoms with Crippen LogP contribution in [0.15, 0.2) is 48.5 Å². The normalized spacial score (nSPS) is 14.1. The third-order valence-corrected chi connectivity index (χ3v) is 4.36. The van der Waals surface area contributed by atoms with E-state index in [0.29, 0.717) is 29.7 Å². The molecule has 0 aliphatic carbocycles. The maximum absolute atomic E-state index is 13.1. The molecule has 2 aromatic rings. The Bertz CT molecular complexity index is 798. The maximum atomic E-state index is 13.1. The van der Waals surface area contributed by atoms with Gasteiger partial charge in [0, 0.05) is 6.42 Å². The number of nitrogens with zero attached hydrogens (tertiary/aromatic N) is 1. The molecule has 2 rings (SSSR count). The molecule has 0 aliphatic heterocycles. The number of ether oxygens (including phenoxy) is 2. The van der Waals surface area contributed by atoms with E-state index >= 15 is 0 Å². The summed E-state index contributed by atoms with van der Waals surface area (Å²) in [4.78, 5) is 0.724. The fourth-order valence-electron chi connectivity index (χ4n) is 2.86. The number of hydrogen-bond acceptors (Lipinski definition) is 4. The van der Waals surface area contributed by atoms with Gasteiger partial charge in [-0.25, -0.2) is 4.90 Å². The van der Waals surface area contributed by atoms with Crippen LogP contribution < -0.4 is 9.47 Å². The molecular weight excluding hydrogens is 409 g/mol.